The van der Waals surface area contributed by atoms with Crippen LogP contribution in [0.25, 0.3) is 22.6 Å². The maximum absolute atomic E-state index is 9.61. The summed E-state index contributed by atoms with van der Waals surface area (Å²) in [5.41, 5.74) is 3.91. The van der Waals surface area contributed by atoms with Crippen molar-refractivity contribution in [3.63, 3.8) is 0 Å². The fraction of sp³-hybridized carbons (Fsp3) is 0.0526. The van der Waals surface area contributed by atoms with Gasteiger partial charge < -0.3 is 5.11 Å². The van der Waals surface area contributed by atoms with E-state index < -0.39 is 0 Å². The molecule has 0 saturated heterocycles. The molecule has 0 fully saturated rings. The first-order chi connectivity index (χ1) is 10.8. The third kappa shape index (κ3) is 2.88. The fourth-order valence-electron chi connectivity index (χ4n) is 2.40. The van der Waals surface area contributed by atoms with E-state index in [1.807, 2.05) is 36.4 Å². The van der Waals surface area contributed by atoms with E-state index >= 15 is 0 Å². The number of aromatic hydroxyl groups is 1. The van der Waals surface area contributed by atoms with Crippen LogP contribution in [-0.4, -0.2) is 15.1 Å². The highest BCUT2D eigenvalue weighted by molar-refractivity contribution is 5.67. The average molecular weight is 288 g/mol. The summed E-state index contributed by atoms with van der Waals surface area (Å²) in [7, 11) is 0. The Balaban J connectivity index is 2.07. The summed E-state index contributed by atoms with van der Waals surface area (Å²) in [6.45, 7) is 3.81. The SMILES string of the molecule is C=CCc1ccccc1-c1ccnc(-c2cccc(O)c2)n1. The van der Waals surface area contributed by atoms with Gasteiger partial charge in [0.05, 0.1) is 5.69 Å². The number of phenolic OH excluding ortho intramolecular Hbond substituents is 1. The highest BCUT2D eigenvalue weighted by atomic mass is 16.3. The van der Waals surface area contributed by atoms with Gasteiger partial charge in [-0.25, -0.2) is 9.97 Å². The summed E-state index contributed by atoms with van der Waals surface area (Å²) in [6.07, 6.45) is 4.42. The van der Waals surface area contributed by atoms with Gasteiger partial charge in [0.25, 0.3) is 0 Å². The van der Waals surface area contributed by atoms with E-state index in [0.717, 1.165) is 23.2 Å². The lowest BCUT2D eigenvalue weighted by atomic mass is 10.0. The van der Waals surface area contributed by atoms with Crippen LogP contribution in [-0.2, 0) is 6.42 Å². The molecule has 1 N–H and O–H groups in total. The third-order valence-electron chi connectivity index (χ3n) is 3.42. The number of hydrogen-bond acceptors (Lipinski definition) is 3. The van der Waals surface area contributed by atoms with Crippen LogP contribution in [0.5, 0.6) is 5.75 Å². The van der Waals surface area contributed by atoms with Crippen molar-refractivity contribution in [1.82, 2.24) is 9.97 Å². The van der Waals surface area contributed by atoms with E-state index in [1.54, 1.807) is 24.4 Å². The van der Waals surface area contributed by atoms with Crippen molar-refractivity contribution < 1.29 is 5.11 Å². The zero-order valence-corrected chi connectivity index (χ0v) is 12.1. The molecule has 22 heavy (non-hydrogen) atoms. The summed E-state index contributed by atoms with van der Waals surface area (Å²) in [5, 5.41) is 9.61. The number of nitrogens with zero attached hydrogens (tertiary/aromatic N) is 2. The zero-order valence-electron chi connectivity index (χ0n) is 12.1. The summed E-state index contributed by atoms with van der Waals surface area (Å²) in [5.74, 6) is 0.806. The molecular formula is C19H16N2O. The molecule has 0 amide bonds. The van der Waals surface area contributed by atoms with Crippen molar-refractivity contribution in [3.05, 3.63) is 79.0 Å². The predicted molar refractivity (Wildman–Crippen MR) is 88.5 cm³/mol. The van der Waals surface area contributed by atoms with Crippen LogP contribution < -0.4 is 0 Å². The fourth-order valence-corrected chi connectivity index (χ4v) is 2.40. The van der Waals surface area contributed by atoms with E-state index in [1.165, 1.54) is 5.56 Å². The second-order valence-corrected chi connectivity index (χ2v) is 4.97. The number of phenols is 1. The molecule has 0 saturated carbocycles. The van der Waals surface area contributed by atoms with Gasteiger partial charge >= 0.3 is 0 Å². The number of benzene rings is 2. The molecule has 0 aliphatic carbocycles. The first-order valence-electron chi connectivity index (χ1n) is 7.09. The molecule has 0 aliphatic rings. The van der Waals surface area contributed by atoms with Crippen LogP contribution in [0.4, 0.5) is 0 Å². The molecule has 1 aromatic heterocycles. The Morgan fingerprint density at radius 2 is 1.91 bits per heavy atom. The van der Waals surface area contributed by atoms with Gasteiger partial charge in [-0.2, -0.15) is 0 Å². The quantitative estimate of drug-likeness (QED) is 0.730. The second kappa shape index (κ2) is 6.22. The third-order valence-corrected chi connectivity index (χ3v) is 3.42. The topological polar surface area (TPSA) is 46.0 Å². The standard InChI is InChI=1S/C19H16N2O/c1-2-6-14-7-3-4-10-17(14)18-11-12-20-19(21-18)15-8-5-9-16(22)13-15/h2-5,7-13,22H,1,6H2. The minimum atomic E-state index is 0.207. The van der Waals surface area contributed by atoms with Crippen LogP contribution in [0.15, 0.2) is 73.4 Å². The van der Waals surface area contributed by atoms with Gasteiger partial charge in [0, 0.05) is 17.3 Å². The Bertz CT molecular complexity index is 812. The second-order valence-electron chi connectivity index (χ2n) is 4.97. The van der Waals surface area contributed by atoms with Crippen LogP contribution in [0, 0.1) is 0 Å². The molecule has 2 aromatic carbocycles. The summed E-state index contributed by atoms with van der Waals surface area (Å²) in [4.78, 5) is 8.95. The normalized spacial score (nSPS) is 10.4. The Morgan fingerprint density at radius 3 is 2.73 bits per heavy atom. The molecule has 3 rings (SSSR count). The first kappa shape index (κ1) is 14.0. The first-order valence-corrected chi connectivity index (χ1v) is 7.09. The summed E-state index contributed by atoms with van der Waals surface area (Å²) in [6, 6.07) is 17.0. The van der Waals surface area contributed by atoms with Crippen molar-refractivity contribution >= 4 is 0 Å². The van der Waals surface area contributed by atoms with Gasteiger partial charge in [0.15, 0.2) is 5.82 Å². The Morgan fingerprint density at radius 1 is 1.05 bits per heavy atom. The smallest absolute Gasteiger partial charge is 0.159 e. The Hall–Kier alpha value is -2.94. The van der Waals surface area contributed by atoms with Crippen molar-refractivity contribution in [2.45, 2.75) is 6.42 Å². The summed E-state index contributed by atoms with van der Waals surface area (Å²) >= 11 is 0. The number of rotatable bonds is 4. The molecule has 0 atom stereocenters. The highest BCUT2D eigenvalue weighted by Gasteiger charge is 2.08. The van der Waals surface area contributed by atoms with Crippen molar-refractivity contribution in [2.75, 3.05) is 0 Å². The van der Waals surface area contributed by atoms with Gasteiger partial charge in [-0.1, -0.05) is 42.5 Å². The van der Waals surface area contributed by atoms with Crippen LogP contribution in [0.2, 0.25) is 0 Å². The molecule has 0 aliphatic heterocycles. The van der Waals surface area contributed by atoms with Gasteiger partial charge in [-0.05, 0) is 30.2 Å². The molecule has 108 valence electrons. The zero-order chi connectivity index (χ0) is 15.4. The minimum absolute atomic E-state index is 0.207. The molecular weight excluding hydrogens is 272 g/mol. The average Bonchev–Trinajstić information content (AvgIpc) is 2.56. The van der Waals surface area contributed by atoms with E-state index in [9.17, 15) is 5.11 Å². The molecule has 3 heteroatoms. The van der Waals surface area contributed by atoms with Crippen molar-refractivity contribution in [3.8, 4) is 28.4 Å². The van der Waals surface area contributed by atoms with E-state index in [0.29, 0.717) is 5.82 Å². The van der Waals surface area contributed by atoms with Gasteiger partial charge in [-0.15, -0.1) is 6.58 Å². The van der Waals surface area contributed by atoms with Gasteiger partial charge in [0.1, 0.15) is 5.75 Å². The molecule has 0 spiro atoms. The molecule has 0 bridgehead atoms. The lowest BCUT2D eigenvalue weighted by Gasteiger charge is -2.08. The molecule has 0 unspecified atom stereocenters. The van der Waals surface area contributed by atoms with Gasteiger partial charge in [0.2, 0.25) is 0 Å². The van der Waals surface area contributed by atoms with E-state index in [2.05, 4.69) is 22.6 Å². The Kier molecular flexibility index (Phi) is 3.97. The Labute approximate surface area is 129 Å². The highest BCUT2D eigenvalue weighted by Crippen LogP contribution is 2.25. The molecule has 1 heterocycles. The van der Waals surface area contributed by atoms with Crippen LogP contribution in [0.3, 0.4) is 0 Å². The summed E-state index contributed by atoms with van der Waals surface area (Å²) < 4.78 is 0. The van der Waals surface area contributed by atoms with Crippen LogP contribution in [0.1, 0.15) is 5.56 Å². The lowest BCUT2D eigenvalue weighted by molar-refractivity contribution is 0.475. The maximum Gasteiger partial charge on any atom is 0.159 e. The van der Waals surface area contributed by atoms with E-state index in [-0.39, 0.29) is 5.75 Å². The number of aromatic nitrogens is 2. The lowest BCUT2D eigenvalue weighted by Crippen LogP contribution is -1.94. The van der Waals surface area contributed by atoms with Crippen molar-refractivity contribution in [1.29, 1.82) is 0 Å². The molecule has 3 nitrogen and oxygen atoms in total. The molecule has 3 aromatic rings. The maximum atomic E-state index is 9.61. The largest absolute Gasteiger partial charge is 0.508 e. The van der Waals surface area contributed by atoms with E-state index in [4.69, 9.17) is 0 Å². The number of hydrogen-bond donors (Lipinski definition) is 1. The van der Waals surface area contributed by atoms with Crippen LogP contribution >= 0.6 is 0 Å². The number of allylic oxidation sites excluding steroid dienone is 1. The van der Waals surface area contributed by atoms with Gasteiger partial charge in [-0.3, -0.25) is 0 Å². The molecule has 0 radical (unpaired) electrons. The van der Waals surface area contributed by atoms with Crippen molar-refractivity contribution in [2.24, 2.45) is 0 Å². The monoisotopic (exact) mass is 288 g/mol. The predicted octanol–water partition coefficient (Wildman–Crippen LogP) is 4.24. The minimum Gasteiger partial charge on any atom is -0.508 e.